The first-order valence-electron chi connectivity index (χ1n) is 7.18. The maximum absolute atomic E-state index is 13.4. The SMILES string of the molecule is CC1OC1OC(F)(F)C(F)(F)C(F)(F)C(F)(F)C(F)(F)C(F)(F)C(F)CC(F)(F)F. The molecule has 30 heavy (non-hydrogen) atoms. The van der Waals surface area contributed by atoms with Crippen molar-refractivity contribution in [2.45, 2.75) is 73.8 Å². The Bertz CT molecular complexity index is 626. The summed E-state index contributed by atoms with van der Waals surface area (Å²) in [7, 11) is 0. The highest BCUT2D eigenvalue weighted by Gasteiger charge is 2.91. The smallest absolute Gasteiger partial charge is 0.341 e. The number of epoxide rings is 1. The number of halogens is 16. The third-order valence-electron chi connectivity index (χ3n) is 3.69. The van der Waals surface area contributed by atoms with Crippen molar-refractivity contribution >= 4 is 0 Å². The van der Waals surface area contributed by atoms with Gasteiger partial charge in [-0.15, -0.1) is 0 Å². The molecule has 18 heteroatoms. The lowest BCUT2D eigenvalue weighted by Gasteiger charge is -2.41. The van der Waals surface area contributed by atoms with Crippen LogP contribution in [0.4, 0.5) is 70.2 Å². The van der Waals surface area contributed by atoms with E-state index in [1.165, 1.54) is 0 Å². The standard InChI is InChI=1S/C12H8F16O2/c1-3-5(29-3)30-12(27,28)11(25,26)10(23,24)9(21,22)8(19,20)7(17,18)4(13)2-6(14,15)16/h3-5H,2H2,1H3. The summed E-state index contributed by atoms with van der Waals surface area (Å²) in [6.45, 7) is 0.822. The second-order valence-corrected chi connectivity index (χ2v) is 6.05. The number of hydrogen-bond acceptors (Lipinski definition) is 2. The molecule has 1 aliphatic rings. The Hall–Kier alpha value is -1.20. The van der Waals surface area contributed by atoms with Crippen LogP contribution in [0.5, 0.6) is 0 Å². The van der Waals surface area contributed by atoms with E-state index in [0.29, 0.717) is 0 Å². The van der Waals surface area contributed by atoms with Crippen LogP contribution in [-0.2, 0) is 9.47 Å². The number of rotatable bonds is 9. The van der Waals surface area contributed by atoms with Crippen LogP contribution < -0.4 is 0 Å². The van der Waals surface area contributed by atoms with Crippen molar-refractivity contribution in [2.24, 2.45) is 0 Å². The van der Waals surface area contributed by atoms with Gasteiger partial charge in [-0.05, 0) is 6.92 Å². The van der Waals surface area contributed by atoms with Gasteiger partial charge in [-0.3, -0.25) is 4.74 Å². The summed E-state index contributed by atoms with van der Waals surface area (Å²) in [6, 6.07) is 0. The minimum absolute atomic E-state index is 0.822. The second kappa shape index (κ2) is 7.16. The third kappa shape index (κ3) is 4.12. The van der Waals surface area contributed by atoms with Gasteiger partial charge in [0.15, 0.2) is 12.5 Å². The summed E-state index contributed by atoms with van der Waals surface area (Å²) in [4.78, 5) is 0. The minimum Gasteiger partial charge on any atom is -0.341 e. The van der Waals surface area contributed by atoms with E-state index < -0.39 is 66.9 Å². The van der Waals surface area contributed by atoms with Crippen LogP contribution >= 0.6 is 0 Å². The van der Waals surface area contributed by atoms with Gasteiger partial charge in [0.2, 0.25) is 0 Å². The van der Waals surface area contributed by atoms with E-state index in [1.54, 1.807) is 0 Å². The predicted molar refractivity (Wildman–Crippen MR) is 60.7 cm³/mol. The van der Waals surface area contributed by atoms with Crippen molar-refractivity contribution in [3.8, 4) is 0 Å². The lowest BCUT2D eigenvalue weighted by molar-refractivity contribution is -0.463. The lowest BCUT2D eigenvalue weighted by atomic mass is 9.91. The van der Waals surface area contributed by atoms with Gasteiger partial charge in [-0.2, -0.15) is 65.9 Å². The molecule has 1 fully saturated rings. The van der Waals surface area contributed by atoms with Gasteiger partial charge in [0.05, 0.1) is 6.42 Å². The summed E-state index contributed by atoms with van der Waals surface area (Å²) in [5, 5.41) is 0. The van der Waals surface area contributed by atoms with E-state index in [4.69, 9.17) is 0 Å². The van der Waals surface area contributed by atoms with Gasteiger partial charge in [-0.1, -0.05) is 0 Å². The Morgan fingerprint density at radius 1 is 0.700 bits per heavy atom. The molecular weight excluding hydrogens is 480 g/mol. The van der Waals surface area contributed by atoms with E-state index >= 15 is 0 Å². The fourth-order valence-electron chi connectivity index (χ4n) is 1.82. The number of hydrogen-bond donors (Lipinski definition) is 0. The van der Waals surface area contributed by atoms with Crippen molar-refractivity contribution in [2.75, 3.05) is 0 Å². The van der Waals surface area contributed by atoms with Gasteiger partial charge in [0.1, 0.15) is 6.10 Å². The van der Waals surface area contributed by atoms with Crippen LogP contribution in [0.15, 0.2) is 0 Å². The molecule has 0 bridgehead atoms. The van der Waals surface area contributed by atoms with E-state index in [-0.39, 0.29) is 0 Å². The van der Waals surface area contributed by atoms with Crippen LogP contribution in [0.3, 0.4) is 0 Å². The quantitative estimate of drug-likeness (QED) is 0.302. The highest BCUT2D eigenvalue weighted by molar-refractivity contribution is 5.12. The van der Waals surface area contributed by atoms with E-state index in [2.05, 4.69) is 9.47 Å². The molecule has 180 valence electrons. The van der Waals surface area contributed by atoms with Crippen LogP contribution in [0.1, 0.15) is 13.3 Å². The van der Waals surface area contributed by atoms with Crippen molar-refractivity contribution in [1.82, 2.24) is 0 Å². The highest BCUT2D eigenvalue weighted by Crippen LogP contribution is 2.61. The summed E-state index contributed by atoms with van der Waals surface area (Å²) >= 11 is 0. The molecular formula is C12H8F16O2. The fourth-order valence-corrected chi connectivity index (χ4v) is 1.82. The average molecular weight is 488 g/mol. The first-order chi connectivity index (χ1) is 12.9. The van der Waals surface area contributed by atoms with Gasteiger partial charge in [-0.25, -0.2) is 4.39 Å². The van der Waals surface area contributed by atoms with Gasteiger partial charge < -0.3 is 4.74 Å². The molecule has 3 unspecified atom stereocenters. The molecule has 1 saturated heterocycles. The molecule has 1 rings (SSSR count). The van der Waals surface area contributed by atoms with Crippen LogP contribution in [0.2, 0.25) is 0 Å². The molecule has 3 atom stereocenters. The summed E-state index contributed by atoms with van der Waals surface area (Å²) < 4.78 is 215. The average Bonchev–Trinajstić information content (AvgIpc) is 3.18. The van der Waals surface area contributed by atoms with E-state index in [0.717, 1.165) is 6.92 Å². The highest BCUT2D eigenvalue weighted by atomic mass is 19.4. The molecule has 0 aliphatic carbocycles. The summed E-state index contributed by atoms with van der Waals surface area (Å²) in [6.07, 6.45) is -25.5. The Morgan fingerprint density at radius 3 is 1.40 bits per heavy atom. The molecule has 0 aromatic heterocycles. The number of alkyl halides is 16. The van der Waals surface area contributed by atoms with Crippen LogP contribution in [0.25, 0.3) is 0 Å². The zero-order chi connectivity index (χ0) is 24.4. The molecule has 0 saturated carbocycles. The molecule has 1 heterocycles. The van der Waals surface area contributed by atoms with Gasteiger partial charge in [0.25, 0.3) is 0 Å². The zero-order valence-electron chi connectivity index (χ0n) is 13.8. The van der Waals surface area contributed by atoms with Crippen molar-refractivity contribution in [3.05, 3.63) is 0 Å². The molecule has 0 aromatic rings. The first-order valence-corrected chi connectivity index (χ1v) is 7.18. The lowest BCUT2D eigenvalue weighted by Crippen LogP contribution is -2.72. The molecule has 2 nitrogen and oxygen atoms in total. The van der Waals surface area contributed by atoms with Gasteiger partial charge in [0, 0.05) is 0 Å². The Morgan fingerprint density at radius 2 is 1.07 bits per heavy atom. The monoisotopic (exact) mass is 488 g/mol. The molecule has 0 amide bonds. The summed E-state index contributed by atoms with van der Waals surface area (Å²) in [5.41, 5.74) is 0. The maximum atomic E-state index is 13.4. The Labute approximate surface area is 155 Å². The molecule has 0 aromatic carbocycles. The van der Waals surface area contributed by atoms with Crippen molar-refractivity contribution in [1.29, 1.82) is 0 Å². The van der Waals surface area contributed by atoms with Crippen molar-refractivity contribution < 1.29 is 79.7 Å². The molecule has 1 aliphatic heterocycles. The fraction of sp³-hybridized carbons (Fsp3) is 1.00. The van der Waals surface area contributed by atoms with E-state index in [1.807, 2.05) is 0 Å². The Balaban J connectivity index is 3.36. The van der Waals surface area contributed by atoms with Crippen molar-refractivity contribution in [3.63, 3.8) is 0 Å². The normalized spacial score (nSPS) is 23.5. The first kappa shape index (κ1) is 26.8. The zero-order valence-corrected chi connectivity index (χ0v) is 13.8. The largest absolute Gasteiger partial charge is 0.428 e. The third-order valence-corrected chi connectivity index (χ3v) is 3.69. The van der Waals surface area contributed by atoms with Crippen LogP contribution in [-0.4, -0.2) is 60.5 Å². The minimum atomic E-state index is -8.20. The molecule has 0 spiro atoms. The molecule has 0 N–H and O–H groups in total. The number of ether oxygens (including phenoxy) is 2. The van der Waals surface area contributed by atoms with Crippen LogP contribution in [0, 0.1) is 0 Å². The van der Waals surface area contributed by atoms with E-state index in [9.17, 15) is 70.2 Å². The van der Waals surface area contributed by atoms with Gasteiger partial charge >= 0.3 is 41.9 Å². The summed E-state index contributed by atoms with van der Waals surface area (Å²) in [5.74, 6) is -39.3. The predicted octanol–water partition coefficient (Wildman–Crippen LogP) is 5.81. The maximum Gasteiger partial charge on any atom is 0.428 e. The Kier molecular flexibility index (Phi) is 6.41. The molecule has 0 radical (unpaired) electrons. The topological polar surface area (TPSA) is 21.8 Å². The second-order valence-electron chi connectivity index (χ2n) is 6.05.